The summed E-state index contributed by atoms with van der Waals surface area (Å²) in [5.74, 6) is 0. The van der Waals surface area contributed by atoms with Crippen LogP contribution in [0.15, 0.2) is 60.8 Å². The standard InChI is InChI=1S/C17H20OSi/c1-5-19(18-4,16-12-8-6-10-14(16)2)17-13-9-7-11-15(17)3/h5-13H,1H2,2-4H3. The van der Waals surface area contributed by atoms with Gasteiger partial charge in [-0.15, -0.1) is 6.58 Å². The first-order valence-electron chi connectivity index (χ1n) is 6.46. The number of benzene rings is 2. The Morgan fingerprint density at radius 1 is 0.895 bits per heavy atom. The van der Waals surface area contributed by atoms with Crippen molar-refractivity contribution in [3.63, 3.8) is 0 Å². The Balaban J connectivity index is 2.73. The van der Waals surface area contributed by atoms with Crippen LogP contribution in [0.5, 0.6) is 0 Å². The van der Waals surface area contributed by atoms with Gasteiger partial charge in [-0.3, -0.25) is 0 Å². The summed E-state index contributed by atoms with van der Waals surface area (Å²) in [6, 6.07) is 16.9. The molecular formula is C17H20OSi. The second-order valence-corrected chi connectivity index (χ2v) is 8.14. The molecule has 0 saturated carbocycles. The molecule has 0 atom stereocenters. The maximum absolute atomic E-state index is 6.04. The Hall–Kier alpha value is -1.64. The zero-order valence-corrected chi connectivity index (χ0v) is 12.8. The van der Waals surface area contributed by atoms with Gasteiger partial charge in [-0.05, 0) is 35.3 Å². The fraction of sp³-hybridized carbons (Fsp3) is 0.176. The highest BCUT2D eigenvalue weighted by molar-refractivity contribution is 7.01. The first kappa shape index (κ1) is 13.8. The smallest absolute Gasteiger partial charge is 0.280 e. The molecule has 2 heteroatoms. The summed E-state index contributed by atoms with van der Waals surface area (Å²) in [4.78, 5) is 0. The van der Waals surface area contributed by atoms with Gasteiger partial charge in [0, 0.05) is 7.11 Å². The molecule has 0 saturated heterocycles. The van der Waals surface area contributed by atoms with E-state index in [1.54, 1.807) is 7.11 Å². The normalized spacial score (nSPS) is 11.3. The minimum Gasteiger partial charge on any atom is -0.408 e. The average molecular weight is 268 g/mol. The van der Waals surface area contributed by atoms with Crippen LogP contribution in [-0.2, 0) is 4.43 Å². The topological polar surface area (TPSA) is 9.23 Å². The lowest BCUT2D eigenvalue weighted by Gasteiger charge is -2.30. The molecule has 1 nitrogen and oxygen atoms in total. The summed E-state index contributed by atoms with van der Waals surface area (Å²) >= 11 is 0. The molecule has 0 heterocycles. The molecule has 0 radical (unpaired) electrons. The Bertz CT molecular complexity index is 544. The lowest BCUT2D eigenvalue weighted by molar-refractivity contribution is 0.425. The van der Waals surface area contributed by atoms with Gasteiger partial charge in [0.1, 0.15) is 0 Å². The quantitative estimate of drug-likeness (QED) is 0.775. The summed E-state index contributed by atoms with van der Waals surface area (Å²) < 4.78 is 6.04. The van der Waals surface area contributed by atoms with Gasteiger partial charge in [-0.2, -0.15) is 0 Å². The maximum atomic E-state index is 6.04. The van der Waals surface area contributed by atoms with Crippen molar-refractivity contribution in [2.45, 2.75) is 13.8 Å². The summed E-state index contributed by atoms with van der Waals surface area (Å²) in [6.07, 6.45) is 0. The molecule has 0 aromatic heterocycles. The fourth-order valence-corrected chi connectivity index (χ4v) is 6.01. The fourth-order valence-electron chi connectivity index (χ4n) is 2.65. The Morgan fingerprint density at radius 3 is 1.63 bits per heavy atom. The summed E-state index contributed by atoms with van der Waals surface area (Å²) in [7, 11) is -0.522. The molecule has 2 aromatic carbocycles. The first-order chi connectivity index (χ1) is 9.15. The first-order valence-corrected chi connectivity index (χ1v) is 8.45. The van der Waals surface area contributed by atoms with Crippen molar-refractivity contribution < 1.29 is 4.43 Å². The van der Waals surface area contributed by atoms with Gasteiger partial charge in [-0.1, -0.05) is 54.2 Å². The molecule has 0 amide bonds. The third kappa shape index (κ3) is 2.29. The molecule has 98 valence electrons. The highest BCUT2D eigenvalue weighted by Gasteiger charge is 2.37. The van der Waals surface area contributed by atoms with Crippen molar-refractivity contribution in [2.24, 2.45) is 0 Å². The van der Waals surface area contributed by atoms with E-state index in [4.69, 9.17) is 4.43 Å². The van der Waals surface area contributed by atoms with Crippen LogP contribution < -0.4 is 10.4 Å². The SMILES string of the molecule is C=C[Si](OC)(c1ccccc1C)c1ccccc1C. The van der Waals surface area contributed by atoms with Gasteiger partial charge >= 0.3 is 0 Å². The van der Waals surface area contributed by atoms with Gasteiger partial charge in [-0.25, -0.2) is 0 Å². The maximum Gasteiger partial charge on any atom is 0.280 e. The molecule has 2 aromatic rings. The molecule has 0 unspecified atom stereocenters. The van der Waals surface area contributed by atoms with E-state index in [0.29, 0.717) is 0 Å². The molecule has 2 rings (SSSR count). The van der Waals surface area contributed by atoms with E-state index in [1.807, 2.05) is 5.70 Å². The van der Waals surface area contributed by atoms with Crippen LogP contribution in [0.3, 0.4) is 0 Å². The van der Waals surface area contributed by atoms with Gasteiger partial charge in [0.05, 0.1) is 0 Å². The molecule has 0 aliphatic carbocycles. The zero-order chi connectivity index (χ0) is 13.9. The van der Waals surface area contributed by atoms with Gasteiger partial charge < -0.3 is 4.43 Å². The Morgan fingerprint density at radius 2 is 1.32 bits per heavy atom. The molecular weight excluding hydrogens is 248 g/mol. The van der Waals surface area contributed by atoms with Crippen LogP contribution in [0.1, 0.15) is 11.1 Å². The predicted molar refractivity (Wildman–Crippen MR) is 84.6 cm³/mol. The highest BCUT2D eigenvalue weighted by atomic mass is 28.4. The minimum atomic E-state index is -2.32. The van der Waals surface area contributed by atoms with Crippen LogP contribution in [0, 0.1) is 13.8 Å². The van der Waals surface area contributed by atoms with Crippen molar-refractivity contribution in [3.8, 4) is 0 Å². The van der Waals surface area contributed by atoms with Crippen molar-refractivity contribution in [1.82, 2.24) is 0 Å². The third-order valence-corrected chi connectivity index (χ3v) is 7.64. The van der Waals surface area contributed by atoms with E-state index in [-0.39, 0.29) is 0 Å². The average Bonchev–Trinajstić information content (AvgIpc) is 2.44. The molecule has 0 aliphatic heterocycles. The van der Waals surface area contributed by atoms with Crippen LogP contribution in [0.4, 0.5) is 0 Å². The van der Waals surface area contributed by atoms with Gasteiger partial charge in [0.25, 0.3) is 8.32 Å². The predicted octanol–water partition coefficient (Wildman–Crippen LogP) is 2.73. The van der Waals surface area contributed by atoms with E-state index in [1.165, 1.54) is 21.5 Å². The second-order valence-electron chi connectivity index (χ2n) is 4.77. The Kier molecular flexibility index (Phi) is 4.03. The number of hydrogen-bond donors (Lipinski definition) is 0. The zero-order valence-electron chi connectivity index (χ0n) is 11.8. The van der Waals surface area contributed by atoms with Gasteiger partial charge in [0.15, 0.2) is 0 Å². The number of hydrogen-bond acceptors (Lipinski definition) is 1. The summed E-state index contributed by atoms with van der Waals surface area (Å²) in [5, 5.41) is 2.56. The molecule has 0 fully saturated rings. The monoisotopic (exact) mass is 268 g/mol. The molecule has 19 heavy (non-hydrogen) atoms. The van der Waals surface area contributed by atoms with Gasteiger partial charge in [0.2, 0.25) is 0 Å². The van der Waals surface area contributed by atoms with E-state index < -0.39 is 8.32 Å². The summed E-state index contributed by atoms with van der Waals surface area (Å²) in [5.41, 5.74) is 4.55. The van der Waals surface area contributed by atoms with Crippen molar-refractivity contribution >= 4 is 18.7 Å². The highest BCUT2D eigenvalue weighted by Crippen LogP contribution is 2.12. The van der Waals surface area contributed by atoms with Crippen LogP contribution in [0.25, 0.3) is 0 Å². The largest absolute Gasteiger partial charge is 0.408 e. The second kappa shape index (κ2) is 5.55. The van der Waals surface area contributed by atoms with E-state index in [9.17, 15) is 0 Å². The van der Waals surface area contributed by atoms with Crippen LogP contribution in [0.2, 0.25) is 0 Å². The molecule has 0 aliphatic rings. The Labute approximate surface area is 116 Å². The molecule has 0 spiro atoms. The number of rotatable bonds is 4. The van der Waals surface area contributed by atoms with E-state index in [2.05, 4.69) is 69.0 Å². The van der Waals surface area contributed by atoms with E-state index in [0.717, 1.165) is 0 Å². The van der Waals surface area contributed by atoms with Crippen molar-refractivity contribution in [2.75, 3.05) is 7.11 Å². The van der Waals surface area contributed by atoms with Crippen LogP contribution >= 0.6 is 0 Å². The van der Waals surface area contributed by atoms with Crippen molar-refractivity contribution in [3.05, 3.63) is 71.9 Å². The number of aryl methyl sites for hydroxylation is 2. The third-order valence-electron chi connectivity index (χ3n) is 3.70. The lowest BCUT2D eigenvalue weighted by Crippen LogP contribution is -2.60. The molecule has 0 bridgehead atoms. The van der Waals surface area contributed by atoms with Crippen molar-refractivity contribution in [1.29, 1.82) is 0 Å². The molecule has 0 N–H and O–H groups in total. The lowest BCUT2D eigenvalue weighted by atomic mass is 10.2. The minimum absolute atomic E-state index is 1.26. The van der Waals surface area contributed by atoms with E-state index >= 15 is 0 Å². The van der Waals surface area contributed by atoms with Crippen LogP contribution in [-0.4, -0.2) is 15.4 Å². The summed E-state index contributed by atoms with van der Waals surface area (Å²) in [6.45, 7) is 8.35.